The van der Waals surface area contributed by atoms with Crippen molar-refractivity contribution < 1.29 is 4.42 Å². The van der Waals surface area contributed by atoms with Gasteiger partial charge >= 0.3 is 0 Å². The van der Waals surface area contributed by atoms with E-state index in [1.54, 1.807) is 6.26 Å². The van der Waals surface area contributed by atoms with Crippen molar-refractivity contribution in [2.45, 2.75) is 46.1 Å². The molecule has 1 aromatic rings. The van der Waals surface area contributed by atoms with E-state index in [0.717, 1.165) is 18.2 Å². The first-order valence-electron chi connectivity index (χ1n) is 6.00. The summed E-state index contributed by atoms with van der Waals surface area (Å²) in [6.45, 7) is 7.68. The van der Waals surface area contributed by atoms with Crippen LogP contribution in [-0.2, 0) is 0 Å². The Morgan fingerprint density at radius 2 is 2.13 bits per heavy atom. The van der Waals surface area contributed by atoms with E-state index in [-0.39, 0.29) is 0 Å². The quantitative estimate of drug-likeness (QED) is 0.739. The minimum Gasteiger partial charge on any atom is -0.468 e. The zero-order chi connectivity index (χ0) is 11.1. The van der Waals surface area contributed by atoms with Gasteiger partial charge in [0.05, 0.1) is 12.3 Å². The molecule has 15 heavy (non-hydrogen) atoms. The highest BCUT2D eigenvalue weighted by Crippen LogP contribution is 2.20. The first-order chi connectivity index (χ1) is 7.24. The molecule has 2 nitrogen and oxygen atoms in total. The number of hydrogen-bond acceptors (Lipinski definition) is 2. The average molecular weight is 209 g/mol. The Labute approximate surface area is 93.1 Å². The van der Waals surface area contributed by atoms with E-state index in [1.807, 2.05) is 6.07 Å². The topological polar surface area (TPSA) is 25.2 Å². The third kappa shape index (κ3) is 4.52. The van der Waals surface area contributed by atoms with E-state index in [2.05, 4.69) is 32.2 Å². The average Bonchev–Trinajstić information content (AvgIpc) is 2.68. The minimum absolute atomic E-state index is 0.392. The first kappa shape index (κ1) is 12.3. The van der Waals surface area contributed by atoms with Gasteiger partial charge in [0.1, 0.15) is 5.76 Å². The molecule has 1 heterocycles. The summed E-state index contributed by atoms with van der Waals surface area (Å²) in [6, 6.07) is 4.41. The SMILES string of the molecule is CCNC(CCCC(C)C)c1ccco1. The second-order valence-electron chi connectivity index (χ2n) is 4.45. The van der Waals surface area contributed by atoms with Crippen molar-refractivity contribution in [3.8, 4) is 0 Å². The molecule has 0 fully saturated rings. The molecule has 0 aliphatic carbocycles. The fourth-order valence-electron chi connectivity index (χ4n) is 1.81. The molecule has 0 bridgehead atoms. The maximum Gasteiger partial charge on any atom is 0.120 e. The molecule has 0 saturated heterocycles. The number of nitrogens with one attached hydrogen (secondary N) is 1. The molecule has 0 aliphatic rings. The van der Waals surface area contributed by atoms with Gasteiger partial charge in [-0.05, 0) is 31.0 Å². The van der Waals surface area contributed by atoms with Crippen LogP contribution in [0.1, 0.15) is 51.8 Å². The van der Waals surface area contributed by atoms with Crippen LogP contribution in [0.4, 0.5) is 0 Å². The van der Waals surface area contributed by atoms with Crippen LogP contribution in [0.5, 0.6) is 0 Å². The van der Waals surface area contributed by atoms with E-state index in [9.17, 15) is 0 Å². The summed E-state index contributed by atoms with van der Waals surface area (Å²) < 4.78 is 5.44. The van der Waals surface area contributed by atoms with Crippen LogP contribution in [0, 0.1) is 5.92 Å². The molecular weight excluding hydrogens is 186 g/mol. The summed E-state index contributed by atoms with van der Waals surface area (Å²) in [7, 11) is 0. The van der Waals surface area contributed by atoms with Crippen molar-refractivity contribution in [3.05, 3.63) is 24.2 Å². The maximum atomic E-state index is 5.44. The summed E-state index contributed by atoms with van der Waals surface area (Å²) >= 11 is 0. The normalized spacial score (nSPS) is 13.3. The molecule has 1 unspecified atom stereocenters. The van der Waals surface area contributed by atoms with Crippen molar-refractivity contribution in [1.29, 1.82) is 0 Å². The van der Waals surface area contributed by atoms with Gasteiger partial charge in [-0.25, -0.2) is 0 Å². The Morgan fingerprint density at radius 3 is 2.67 bits per heavy atom. The largest absolute Gasteiger partial charge is 0.468 e. The highest BCUT2D eigenvalue weighted by atomic mass is 16.3. The Morgan fingerprint density at radius 1 is 1.33 bits per heavy atom. The Kier molecular flexibility index (Phi) is 5.48. The van der Waals surface area contributed by atoms with Crippen molar-refractivity contribution in [2.24, 2.45) is 5.92 Å². The van der Waals surface area contributed by atoms with Crippen LogP contribution in [0.25, 0.3) is 0 Å². The fourth-order valence-corrected chi connectivity index (χ4v) is 1.81. The van der Waals surface area contributed by atoms with Gasteiger partial charge in [-0.1, -0.05) is 33.6 Å². The zero-order valence-electron chi connectivity index (χ0n) is 10.1. The van der Waals surface area contributed by atoms with Crippen LogP contribution < -0.4 is 5.32 Å². The molecule has 1 aromatic heterocycles. The summed E-state index contributed by atoms with van der Waals surface area (Å²) in [6.07, 6.45) is 5.47. The van der Waals surface area contributed by atoms with Gasteiger partial charge in [-0.15, -0.1) is 0 Å². The summed E-state index contributed by atoms with van der Waals surface area (Å²) in [5.74, 6) is 1.87. The highest BCUT2D eigenvalue weighted by Gasteiger charge is 2.12. The molecule has 1 N–H and O–H groups in total. The summed E-state index contributed by atoms with van der Waals surface area (Å²) in [4.78, 5) is 0. The maximum absolute atomic E-state index is 5.44. The lowest BCUT2D eigenvalue weighted by Gasteiger charge is -2.15. The van der Waals surface area contributed by atoms with E-state index in [0.29, 0.717) is 6.04 Å². The van der Waals surface area contributed by atoms with Gasteiger partial charge in [0.2, 0.25) is 0 Å². The van der Waals surface area contributed by atoms with Gasteiger partial charge in [0.15, 0.2) is 0 Å². The third-order valence-electron chi connectivity index (χ3n) is 2.61. The molecule has 0 amide bonds. The van der Waals surface area contributed by atoms with Gasteiger partial charge < -0.3 is 9.73 Å². The van der Waals surface area contributed by atoms with Gasteiger partial charge in [-0.3, -0.25) is 0 Å². The van der Waals surface area contributed by atoms with Gasteiger partial charge in [-0.2, -0.15) is 0 Å². The second kappa shape index (κ2) is 6.67. The predicted octanol–water partition coefficient (Wildman–Crippen LogP) is 3.76. The summed E-state index contributed by atoms with van der Waals surface area (Å²) in [5.41, 5.74) is 0. The van der Waals surface area contributed by atoms with Crippen LogP contribution in [-0.4, -0.2) is 6.54 Å². The first-order valence-corrected chi connectivity index (χ1v) is 6.00. The Hall–Kier alpha value is -0.760. The summed E-state index contributed by atoms with van der Waals surface area (Å²) in [5, 5.41) is 3.46. The van der Waals surface area contributed by atoms with E-state index in [1.165, 1.54) is 19.3 Å². The Balaban J connectivity index is 2.38. The number of rotatable bonds is 7. The van der Waals surface area contributed by atoms with Crippen LogP contribution in [0.2, 0.25) is 0 Å². The molecule has 2 heteroatoms. The van der Waals surface area contributed by atoms with Crippen molar-refractivity contribution in [2.75, 3.05) is 6.54 Å². The van der Waals surface area contributed by atoms with Crippen molar-refractivity contribution in [3.63, 3.8) is 0 Å². The number of hydrogen-bond donors (Lipinski definition) is 1. The lowest BCUT2D eigenvalue weighted by molar-refractivity contribution is 0.382. The second-order valence-corrected chi connectivity index (χ2v) is 4.45. The van der Waals surface area contributed by atoms with Gasteiger partial charge in [0, 0.05) is 0 Å². The molecule has 0 radical (unpaired) electrons. The zero-order valence-corrected chi connectivity index (χ0v) is 10.1. The standard InChI is InChI=1S/C13H23NO/c1-4-14-12(8-5-7-11(2)3)13-9-6-10-15-13/h6,9-12,14H,4-5,7-8H2,1-3H3. The van der Waals surface area contributed by atoms with Gasteiger partial charge in [0.25, 0.3) is 0 Å². The Bertz CT molecular complexity index is 241. The van der Waals surface area contributed by atoms with E-state index >= 15 is 0 Å². The number of furan rings is 1. The smallest absolute Gasteiger partial charge is 0.120 e. The van der Waals surface area contributed by atoms with Crippen LogP contribution in [0.3, 0.4) is 0 Å². The predicted molar refractivity (Wildman–Crippen MR) is 63.8 cm³/mol. The van der Waals surface area contributed by atoms with Crippen molar-refractivity contribution in [1.82, 2.24) is 5.32 Å². The molecule has 1 rings (SSSR count). The van der Waals surface area contributed by atoms with E-state index in [4.69, 9.17) is 4.42 Å². The lowest BCUT2D eigenvalue weighted by atomic mass is 10.0. The molecule has 0 aliphatic heterocycles. The molecule has 0 saturated carbocycles. The molecule has 0 aromatic carbocycles. The van der Waals surface area contributed by atoms with E-state index < -0.39 is 0 Å². The van der Waals surface area contributed by atoms with Crippen LogP contribution >= 0.6 is 0 Å². The highest BCUT2D eigenvalue weighted by molar-refractivity contribution is 5.04. The fraction of sp³-hybridized carbons (Fsp3) is 0.692. The lowest BCUT2D eigenvalue weighted by Crippen LogP contribution is -2.20. The third-order valence-corrected chi connectivity index (χ3v) is 2.61. The molecule has 86 valence electrons. The minimum atomic E-state index is 0.392. The molecule has 1 atom stereocenters. The molecular formula is C13H23NO. The molecule has 0 spiro atoms. The van der Waals surface area contributed by atoms with Crippen molar-refractivity contribution >= 4 is 0 Å². The van der Waals surface area contributed by atoms with Crippen LogP contribution in [0.15, 0.2) is 22.8 Å². The monoisotopic (exact) mass is 209 g/mol.